The molecular formula is C20H19BrN2O3S. The van der Waals surface area contributed by atoms with Crippen LogP contribution in [0.2, 0.25) is 0 Å². The monoisotopic (exact) mass is 446 g/mol. The number of aryl methyl sites for hydroxylation is 2. The SMILES string of the molecule is Cc1ccc(NS(=O)(=O)c2cc(-c3cnc(C4CC4)o3)ccc2C)c(Br)c1. The third-order valence-corrected chi connectivity index (χ3v) is 6.74. The second-order valence-electron chi connectivity index (χ2n) is 6.91. The number of rotatable bonds is 5. The zero-order chi connectivity index (χ0) is 19.2. The molecule has 2 aromatic carbocycles. The van der Waals surface area contributed by atoms with E-state index in [-0.39, 0.29) is 4.90 Å². The van der Waals surface area contributed by atoms with Crippen LogP contribution in [-0.2, 0) is 10.0 Å². The molecule has 0 radical (unpaired) electrons. The highest BCUT2D eigenvalue weighted by atomic mass is 79.9. The van der Waals surface area contributed by atoms with Gasteiger partial charge in [0.2, 0.25) is 0 Å². The van der Waals surface area contributed by atoms with Crippen molar-refractivity contribution in [2.75, 3.05) is 4.72 Å². The van der Waals surface area contributed by atoms with E-state index in [0.717, 1.165) is 24.3 Å². The first-order valence-electron chi connectivity index (χ1n) is 8.69. The Labute approximate surface area is 167 Å². The Bertz CT molecular complexity index is 1120. The smallest absolute Gasteiger partial charge is 0.262 e. The largest absolute Gasteiger partial charge is 0.440 e. The van der Waals surface area contributed by atoms with Crippen LogP contribution < -0.4 is 4.72 Å². The van der Waals surface area contributed by atoms with E-state index in [0.29, 0.717) is 33.0 Å². The van der Waals surface area contributed by atoms with E-state index in [4.69, 9.17) is 4.42 Å². The summed E-state index contributed by atoms with van der Waals surface area (Å²) in [6.07, 6.45) is 3.87. The fraction of sp³-hybridized carbons (Fsp3) is 0.250. The topological polar surface area (TPSA) is 72.2 Å². The molecule has 5 nitrogen and oxygen atoms in total. The molecule has 3 aromatic rings. The summed E-state index contributed by atoms with van der Waals surface area (Å²) in [4.78, 5) is 4.54. The molecule has 0 saturated heterocycles. The van der Waals surface area contributed by atoms with Crippen LogP contribution >= 0.6 is 15.9 Å². The van der Waals surface area contributed by atoms with Crippen LogP contribution in [0.3, 0.4) is 0 Å². The lowest BCUT2D eigenvalue weighted by Gasteiger charge is -2.13. The first-order valence-corrected chi connectivity index (χ1v) is 11.0. The number of halogens is 1. The van der Waals surface area contributed by atoms with Crippen LogP contribution in [0, 0.1) is 13.8 Å². The van der Waals surface area contributed by atoms with E-state index in [1.54, 1.807) is 31.3 Å². The zero-order valence-electron chi connectivity index (χ0n) is 15.0. The van der Waals surface area contributed by atoms with E-state index in [1.807, 2.05) is 25.1 Å². The summed E-state index contributed by atoms with van der Waals surface area (Å²) < 4.78 is 35.2. The number of oxazole rings is 1. The third-order valence-electron chi connectivity index (χ3n) is 4.58. The zero-order valence-corrected chi connectivity index (χ0v) is 17.4. The minimum atomic E-state index is -3.75. The maximum Gasteiger partial charge on any atom is 0.262 e. The first-order chi connectivity index (χ1) is 12.8. The predicted molar refractivity (Wildman–Crippen MR) is 108 cm³/mol. The van der Waals surface area contributed by atoms with Gasteiger partial charge in [0.1, 0.15) is 0 Å². The Morgan fingerprint density at radius 1 is 1.15 bits per heavy atom. The lowest BCUT2D eigenvalue weighted by Crippen LogP contribution is -2.14. The Morgan fingerprint density at radius 2 is 1.93 bits per heavy atom. The second-order valence-corrected chi connectivity index (χ2v) is 9.41. The molecule has 1 saturated carbocycles. The average Bonchev–Trinajstić information content (AvgIpc) is 3.35. The van der Waals surface area contributed by atoms with Crippen LogP contribution in [0.1, 0.15) is 35.8 Å². The number of benzene rings is 2. The van der Waals surface area contributed by atoms with Gasteiger partial charge in [0, 0.05) is 16.0 Å². The van der Waals surface area contributed by atoms with Gasteiger partial charge in [-0.05, 0) is 71.9 Å². The van der Waals surface area contributed by atoms with Gasteiger partial charge >= 0.3 is 0 Å². The van der Waals surface area contributed by atoms with E-state index in [1.165, 1.54) is 0 Å². The molecule has 1 aliphatic carbocycles. The highest BCUT2D eigenvalue weighted by Crippen LogP contribution is 2.40. The summed E-state index contributed by atoms with van der Waals surface area (Å²) in [5.74, 6) is 1.73. The van der Waals surface area contributed by atoms with Gasteiger partial charge in [0.05, 0.1) is 16.8 Å². The highest BCUT2D eigenvalue weighted by molar-refractivity contribution is 9.10. The Hall–Kier alpha value is -2.12. The molecule has 27 heavy (non-hydrogen) atoms. The summed E-state index contributed by atoms with van der Waals surface area (Å²) in [6.45, 7) is 3.72. The van der Waals surface area contributed by atoms with Gasteiger partial charge in [-0.1, -0.05) is 18.2 Å². The second kappa shape index (κ2) is 6.80. The van der Waals surface area contributed by atoms with Crippen molar-refractivity contribution in [3.63, 3.8) is 0 Å². The van der Waals surface area contributed by atoms with Crippen molar-refractivity contribution in [2.45, 2.75) is 37.5 Å². The van der Waals surface area contributed by atoms with E-state index in [9.17, 15) is 8.42 Å². The summed E-state index contributed by atoms with van der Waals surface area (Å²) in [5.41, 5.74) is 2.90. The molecule has 0 atom stereocenters. The predicted octanol–water partition coefficient (Wildman–Crippen LogP) is 5.40. The molecule has 0 aliphatic heterocycles. The number of hydrogen-bond donors (Lipinski definition) is 1. The Kier molecular flexibility index (Phi) is 4.60. The molecule has 1 fully saturated rings. The molecular weight excluding hydrogens is 428 g/mol. The van der Waals surface area contributed by atoms with Crippen molar-refractivity contribution < 1.29 is 12.8 Å². The number of hydrogen-bond acceptors (Lipinski definition) is 4. The van der Waals surface area contributed by atoms with Crippen molar-refractivity contribution >= 4 is 31.6 Å². The Balaban J connectivity index is 1.68. The normalized spacial score (nSPS) is 14.3. The Morgan fingerprint density at radius 3 is 2.63 bits per heavy atom. The quantitative estimate of drug-likeness (QED) is 0.569. The van der Waals surface area contributed by atoms with E-state index >= 15 is 0 Å². The van der Waals surface area contributed by atoms with Crippen LogP contribution in [0.15, 0.2) is 56.4 Å². The lowest BCUT2D eigenvalue weighted by molar-refractivity contribution is 0.509. The molecule has 0 bridgehead atoms. The van der Waals surface area contributed by atoms with Gasteiger partial charge in [-0.25, -0.2) is 13.4 Å². The summed E-state index contributed by atoms with van der Waals surface area (Å²) in [6, 6.07) is 10.8. The fourth-order valence-electron chi connectivity index (χ4n) is 2.89. The summed E-state index contributed by atoms with van der Waals surface area (Å²) in [5, 5.41) is 0. The van der Waals surface area contributed by atoms with Crippen molar-refractivity contribution in [2.24, 2.45) is 0 Å². The first kappa shape index (κ1) is 18.3. The third kappa shape index (κ3) is 3.80. The number of nitrogens with zero attached hydrogens (tertiary/aromatic N) is 1. The van der Waals surface area contributed by atoms with E-state index in [2.05, 4.69) is 25.6 Å². The minimum Gasteiger partial charge on any atom is -0.440 e. The van der Waals surface area contributed by atoms with Crippen LogP contribution in [0.5, 0.6) is 0 Å². The number of anilines is 1. The molecule has 1 aliphatic rings. The van der Waals surface area contributed by atoms with Crippen molar-refractivity contribution in [3.05, 3.63) is 64.1 Å². The molecule has 4 rings (SSSR count). The lowest BCUT2D eigenvalue weighted by atomic mass is 10.1. The van der Waals surface area contributed by atoms with Crippen molar-refractivity contribution in [3.8, 4) is 11.3 Å². The van der Waals surface area contributed by atoms with Gasteiger partial charge in [-0.2, -0.15) is 0 Å². The molecule has 1 N–H and O–H groups in total. The summed E-state index contributed by atoms with van der Waals surface area (Å²) in [7, 11) is -3.75. The highest BCUT2D eigenvalue weighted by Gasteiger charge is 2.29. The summed E-state index contributed by atoms with van der Waals surface area (Å²) >= 11 is 3.41. The van der Waals surface area contributed by atoms with Gasteiger partial charge < -0.3 is 4.42 Å². The van der Waals surface area contributed by atoms with Gasteiger partial charge in [-0.3, -0.25) is 4.72 Å². The van der Waals surface area contributed by atoms with Gasteiger partial charge in [-0.15, -0.1) is 0 Å². The maximum absolute atomic E-state index is 13.0. The molecule has 1 aromatic heterocycles. The van der Waals surface area contributed by atoms with E-state index < -0.39 is 10.0 Å². The molecule has 1 heterocycles. The van der Waals surface area contributed by atoms with Gasteiger partial charge in [0.25, 0.3) is 10.0 Å². The van der Waals surface area contributed by atoms with Crippen molar-refractivity contribution in [1.82, 2.24) is 4.98 Å². The standard InChI is InChI=1S/C20H19BrN2O3S/c1-12-3-8-17(16(21)9-12)23-27(24,25)19-10-15(5-4-13(19)2)18-11-22-20(26-18)14-6-7-14/h3-5,8-11,14,23H,6-7H2,1-2H3. The molecule has 7 heteroatoms. The molecule has 140 valence electrons. The van der Waals surface area contributed by atoms with Crippen LogP contribution in [0.4, 0.5) is 5.69 Å². The van der Waals surface area contributed by atoms with Crippen LogP contribution in [-0.4, -0.2) is 13.4 Å². The average molecular weight is 447 g/mol. The fourth-order valence-corrected chi connectivity index (χ4v) is 4.96. The van der Waals surface area contributed by atoms with Crippen molar-refractivity contribution in [1.29, 1.82) is 0 Å². The number of sulfonamides is 1. The maximum atomic E-state index is 13.0. The molecule has 0 unspecified atom stereocenters. The minimum absolute atomic E-state index is 0.219. The number of aromatic nitrogens is 1. The molecule has 0 spiro atoms. The molecule has 0 amide bonds. The van der Waals surface area contributed by atoms with Crippen LogP contribution in [0.25, 0.3) is 11.3 Å². The number of nitrogens with one attached hydrogen (secondary N) is 1. The van der Waals surface area contributed by atoms with Gasteiger partial charge in [0.15, 0.2) is 11.7 Å².